The first-order valence-electron chi connectivity index (χ1n) is 39.0. The normalized spacial score (nSPS) is 10.2. The maximum Gasteiger partial charge on any atom is 0.187 e. The highest BCUT2D eigenvalue weighted by Gasteiger charge is 2.08. The molecule has 0 atom stereocenters. The molecule has 584 valence electrons. The average Bonchev–Trinajstić information content (AvgIpc) is 0.762. The monoisotopic (exact) mass is 1470 g/mol. The van der Waals surface area contributed by atoms with Gasteiger partial charge in [0.05, 0.1) is 13.2 Å². The Bertz CT molecular complexity index is 3820. The number of aliphatic hydroxyl groups excluding tert-OH is 1. The molecule has 2 nitrogen and oxygen atoms in total. The molecule has 0 fully saturated rings. The average molecular weight is 1470 g/mol. The highest BCUT2D eigenvalue weighted by molar-refractivity contribution is 5.63. The van der Waals surface area contributed by atoms with E-state index in [1.165, 1.54) is 101 Å². The lowest BCUT2D eigenvalue weighted by molar-refractivity contribution is 0.282. The van der Waals surface area contributed by atoms with Crippen molar-refractivity contribution >= 4 is 5.69 Å². The van der Waals surface area contributed by atoms with E-state index in [1.54, 1.807) is 24.3 Å². The highest BCUT2D eigenvalue weighted by Crippen LogP contribution is 2.25. The van der Waals surface area contributed by atoms with Crippen LogP contribution in [0, 0.1) is 60.3 Å². The van der Waals surface area contributed by atoms with E-state index in [-0.39, 0.29) is 30.0 Å². The van der Waals surface area contributed by atoms with Gasteiger partial charge < -0.3 is 5.11 Å². The van der Waals surface area contributed by atoms with E-state index in [0.717, 1.165) is 45.8 Å². The molecule has 10 aromatic rings. The molecule has 0 aliphatic heterocycles. The van der Waals surface area contributed by atoms with Crippen molar-refractivity contribution in [2.24, 2.45) is 17.8 Å². The van der Waals surface area contributed by atoms with Gasteiger partial charge in [-0.1, -0.05) is 359 Å². The highest BCUT2D eigenvalue weighted by atomic mass is 19.1. The second-order valence-corrected chi connectivity index (χ2v) is 29.8. The first kappa shape index (κ1) is 99.0. The quantitative estimate of drug-likeness (QED) is 0.0582. The van der Waals surface area contributed by atoms with Gasteiger partial charge in [-0.25, -0.2) is 26.8 Å². The van der Waals surface area contributed by atoms with Crippen LogP contribution in [0.3, 0.4) is 0 Å². The predicted octanol–water partition coefficient (Wildman–Crippen LogP) is 31.8. The van der Waals surface area contributed by atoms with Crippen LogP contribution in [0.5, 0.6) is 0 Å². The van der Waals surface area contributed by atoms with Crippen molar-refractivity contribution < 1.29 is 27.1 Å². The minimum Gasteiger partial charge on any atom is -0.392 e. The van der Waals surface area contributed by atoms with Crippen molar-refractivity contribution in [3.8, 4) is 11.1 Å². The molecule has 0 heterocycles. The van der Waals surface area contributed by atoms with Crippen LogP contribution in [0.2, 0.25) is 0 Å². The number of halogens is 5. The van der Waals surface area contributed by atoms with Crippen molar-refractivity contribution in [1.82, 2.24) is 0 Å². The number of hydrogen-bond acceptors (Lipinski definition) is 1. The smallest absolute Gasteiger partial charge is 0.187 e. The zero-order chi connectivity index (χ0) is 81.7. The number of benzene rings is 10. The Balaban J connectivity index is 0.00000118. The number of hydrogen-bond donors (Lipinski definition) is 1. The topological polar surface area (TPSA) is 24.6 Å². The van der Waals surface area contributed by atoms with Crippen LogP contribution in [0.15, 0.2) is 261 Å². The molecule has 0 unspecified atom stereocenters. The summed E-state index contributed by atoms with van der Waals surface area (Å²) >= 11 is 0. The molecule has 0 aromatic heterocycles. The molecule has 1 N–H and O–H groups in total. The van der Waals surface area contributed by atoms with Crippen LogP contribution in [0.25, 0.3) is 16.0 Å². The number of nitrogens with zero attached hydrogens (tertiary/aromatic N) is 1. The van der Waals surface area contributed by atoms with Gasteiger partial charge in [0, 0.05) is 6.07 Å². The van der Waals surface area contributed by atoms with E-state index >= 15 is 0 Å². The lowest BCUT2D eigenvalue weighted by Crippen LogP contribution is -1.92. The number of aliphatic hydroxyl groups is 1. The Hall–Kier alpha value is -8.96. The third-order valence-corrected chi connectivity index (χ3v) is 16.7. The maximum atomic E-state index is 12.9. The van der Waals surface area contributed by atoms with Crippen LogP contribution >= 0.6 is 0 Å². The van der Waals surface area contributed by atoms with E-state index in [1.807, 2.05) is 107 Å². The van der Waals surface area contributed by atoms with Crippen molar-refractivity contribution in [3.05, 3.63) is 363 Å². The summed E-state index contributed by atoms with van der Waals surface area (Å²) in [5.41, 5.74) is 16.1. The SMILES string of the molecule is C=CC(C)C.CC.CC(C)CCc1ccccc1.CC(C)CCc1ccccc1.CC(C)c1ccc(-c2ccccc2)cc1.CC(C)c1ccc(CO)cc1.CC(C)c1ccc(F)cc1.CC(C)c1ccc(F)cc1F.CC(C)c1cccc(F)c1.Cc1cc(F)cc(C(C)C)c1.[C-]#[N+]c1ccc(C(C)C)cc1. The Labute approximate surface area is 654 Å². The van der Waals surface area contributed by atoms with Crippen LogP contribution in [0.4, 0.5) is 27.6 Å². The summed E-state index contributed by atoms with van der Waals surface area (Å²) in [6, 6.07) is 78.7. The summed E-state index contributed by atoms with van der Waals surface area (Å²) in [5, 5.41) is 8.77. The zero-order valence-electron chi connectivity index (χ0n) is 70.0. The Morgan fingerprint density at radius 1 is 0.343 bits per heavy atom. The van der Waals surface area contributed by atoms with Crippen LogP contribution in [-0.2, 0) is 19.4 Å². The largest absolute Gasteiger partial charge is 0.392 e. The van der Waals surface area contributed by atoms with Gasteiger partial charge in [0.1, 0.15) is 29.1 Å². The van der Waals surface area contributed by atoms with E-state index < -0.39 is 11.6 Å². The lowest BCUT2D eigenvalue weighted by Gasteiger charge is -2.06. The molecule has 0 saturated heterocycles. The zero-order valence-corrected chi connectivity index (χ0v) is 70.0. The van der Waals surface area contributed by atoms with Crippen molar-refractivity contribution in [3.63, 3.8) is 0 Å². The molecule has 0 aliphatic rings. The fraction of sp³-hybridized carbons (Fsp3) is 0.376. The standard InChI is InChI=1S/C15H16.2C11H16.C10H13F.C10H11N.C10H14O.C9H10F2.2C9H11F.C5H10.C2H6/c1-12(2)13-8-10-15(11-9-13)14-6-4-3-5-7-14;2*1-10(2)8-9-11-6-4-3-5-7-11;1-7(2)9-4-8(3)5-10(11)6-9;1-8(2)9-4-6-10(11-3)7-5-9;1-8(2)10-5-3-9(7-11)4-6-10;1-6(2)8-4-3-7(10)5-9(8)11;1-7(2)8-3-5-9(10)6-4-8;1-7(2)8-4-3-5-9(10)6-8;1-4-5(2)3;1-2/h3-12H,1-2H3;2*3-7,10H,8-9H2,1-2H3;4-7H,1-3H3;4-8H,1-2H3;3-6,8,11H,7H2,1-2H3;3-6H,1-2H3;2*3-7H,1-2H3;4-5H,1H2,2-3H3;1-2H3. The number of aryl methyl sites for hydroxylation is 3. The fourth-order valence-electron chi connectivity index (χ4n) is 9.61. The maximum absolute atomic E-state index is 12.9. The van der Waals surface area contributed by atoms with Crippen LogP contribution < -0.4 is 0 Å². The van der Waals surface area contributed by atoms with Crippen LogP contribution in [0.1, 0.15) is 268 Å². The molecule has 0 amide bonds. The predicted molar refractivity (Wildman–Crippen MR) is 461 cm³/mol. The Kier molecular flexibility index (Phi) is 53.3. The molecule has 0 radical (unpaired) electrons. The molecule has 0 saturated carbocycles. The van der Waals surface area contributed by atoms with Gasteiger partial charge in [0.25, 0.3) is 0 Å². The summed E-state index contributed by atoms with van der Waals surface area (Å²) in [6.45, 7) is 58.8. The van der Waals surface area contributed by atoms with Crippen LogP contribution in [-0.4, -0.2) is 5.11 Å². The van der Waals surface area contributed by atoms with Gasteiger partial charge in [0.15, 0.2) is 5.69 Å². The van der Waals surface area contributed by atoms with E-state index in [0.29, 0.717) is 47.0 Å². The van der Waals surface area contributed by atoms with E-state index in [9.17, 15) is 22.0 Å². The Morgan fingerprint density at radius 3 is 1.03 bits per heavy atom. The lowest BCUT2D eigenvalue weighted by atomic mass is 9.99. The van der Waals surface area contributed by atoms with Gasteiger partial charge in [-0.3, -0.25) is 0 Å². The second kappa shape index (κ2) is 58.1. The van der Waals surface area contributed by atoms with Gasteiger partial charge >= 0.3 is 0 Å². The molecular formula is C101H134F5NO. The molecule has 0 aliphatic carbocycles. The minimum atomic E-state index is -0.521. The molecule has 0 spiro atoms. The van der Waals surface area contributed by atoms with Gasteiger partial charge in [-0.2, -0.15) is 0 Å². The number of allylic oxidation sites excluding steroid dienone is 1. The first-order valence-corrected chi connectivity index (χ1v) is 39.0. The fourth-order valence-corrected chi connectivity index (χ4v) is 9.61. The molecule has 108 heavy (non-hydrogen) atoms. The van der Waals surface area contributed by atoms with Gasteiger partial charge in [-0.05, 0) is 207 Å². The van der Waals surface area contributed by atoms with Gasteiger partial charge in [0.2, 0.25) is 0 Å². The third kappa shape index (κ3) is 47.0. The van der Waals surface area contributed by atoms with Crippen molar-refractivity contribution in [2.75, 3.05) is 0 Å². The number of rotatable bonds is 16. The van der Waals surface area contributed by atoms with Crippen molar-refractivity contribution in [1.29, 1.82) is 0 Å². The molecule has 0 bridgehead atoms. The summed E-state index contributed by atoms with van der Waals surface area (Å²) in [6.07, 6.45) is 6.95. The minimum absolute atomic E-state index is 0.107. The molecular weight excluding hydrogens is 1340 g/mol. The van der Waals surface area contributed by atoms with Gasteiger partial charge in [-0.15, -0.1) is 6.58 Å². The summed E-state index contributed by atoms with van der Waals surface area (Å²) < 4.78 is 62.9. The summed E-state index contributed by atoms with van der Waals surface area (Å²) in [4.78, 5) is 3.32. The molecule has 7 heteroatoms. The summed E-state index contributed by atoms with van der Waals surface area (Å²) in [5.74, 6) is 4.00. The van der Waals surface area contributed by atoms with E-state index in [4.69, 9.17) is 11.7 Å². The second-order valence-electron chi connectivity index (χ2n) is 29.8. The first-order chi connectivity index (χ1) is 51.2. The molecule has 10 rings (SSSR count). The van der Waals surface area contributed by atoms with Crippen molar-refractivity contribution in [2.45, 2.75) is 233 Å². The van der Waals surface area contributed by atoms with E-state index in [2.05, 4.69) is 257 Å². The summed E-state index contributed by atoms with van der Waals surface area (Å²) in [7, 11) is 0. The Morgan fingerprint density at radius 2 is 0.694 bits per heavy atom. The third-order valence-electron chi connectivity index (χ3n) is 16.7. The molecule has 10 aromatic carbocycles.